The molecule has 2 heteroatoms. The Labute approximate surface area is 105 Å². The number of aliphatic hydroxyl groups is 1. The first-order valence-electron chi connectivity index (χ1n) is 7.09. The number of rotatable bonds is 2. The average molecular weight is 238 g/mol. The lowest BCUT2D eigenvalue weighted by Gasteiger charge is -2.38. The molecule has 2 rings (SSSR count). The molecule has 17 heavy (non-hydrogen) atoms. The molecule has 0 amide bonds. The second-order valence-electron chi connectivity index (χ2n) is 6.07. The van der Waals surface area contributed by atoms with Gasteiger partial charge in [0.25, 0.3) is 0 Å². The molecule has 1 N–H and O–H groups in total. The third kappa shape index (κ3) is 2.67. The molecule has 1 saturated carbocycles. The van der Waals surface area contributed by atoms with Crippen molar-refractivity contribution < 1.29 is 9.84 Å². The van der Waals surface area contributed by atoms with E-state index in [1.807, 2.05) is 6.26 Å². The zero-order valence-corrected chi connectivity index (χ0v) is 11.4. The number of aliphatic hydroxyl groups excluding tert-OH is 1. The van der Waals surface area contributed by atoms with Crippen LogP contribution in [0.25, 0.3) is 0 Å². The van der Waals surface area contributed by atoms with Crippen molar-refractivity contribution in [3.8, 4) is 0 Å². The molecule has 0 spiro atoms. The van der Waals surface area contributed by atoms with Gasteiger partial charge in [-0.2, -0.15) is 0 Å². The fourth-order valence-corrected chi connectivity index (χ4v) is 3.46. The molecule has 98 valence electrons. The van der Waals surface area contributed by atoms with E-state index in [4.69, 9.17) is 4.74 Å². The Morgan fingerprint density at radius 2 is 2.06 bits per heavy atom. The normalized spacial score (nSPS) is 39.6. The van der Waals surface area contributed by atoms with E-state index in [0.29, 0.717) is 30.5 Å². The quantitative estimate of drug-likeness (QED) is 0.799. The standard InChI is InChI=1S/C15H26O2/c1-10-4-6-14(11(2)8-16)15-9-17-12(3)5-7-13(10)15/h9-14,16H,4-8H2,1-3H3/t10-,11+,12+,13?,14?/m1/s1. The van der Waals surface area contributed by atoms with Crippen LogP contribution in [-0.4, -0.2) is 17.8 Å². The zero-order chi connectivity index (χ0) is 12.4. The predicted molar refractivity (Wildman–Crippen MR) is 69.5 cm³/mol. The van der Waals surface area contributed by atoms with E-state index in [-0.39, 0.29) is 0 Å². The van der Waals surface area contributed by atoms with Crippen LogP contribution in [0, 0.1) is 23.7 Å². The SMILES string of the molecule is C[C@@H]1CCC([C@@H](C)CO)C2=CO[C@@H](C)CCC21. The van der Waals surface area contributed by atoms with Gasteiger partial charge in [0.15, 0.2) is 0 Å². The van der Waals surface area contributed by atoms with Crippen molar-refractivity contribution in [2.75, 3.05) is 6.61 Å². The molecule has 1 aliphatic heterocycles. The summed E-state index contributed by atoms with van der Waals surface area (Å²) >= 11 is 0. The van der Waals surface area contributed by atoms with Crippen LogP contribution in [0.5, 0.6) is 0 Å². The predicted octanol–water partition coefficient (Wildman–Crippen LogP) is 3.36. The summed E-state index contributed by atoms with van der Waals surface area (Å²) < 4.78 is 5.80. The van der Waals surface area contributed by atoms with Gasteiger partial charge in [-0.05, 0) is 61.9 Å². The summed E-state index contributed by atoms with van der Waals surface area (Å²) in [6.07, 6.45) is 7.31. The van der Waals surface area contributed by atoms with E-state index in [0.717, 1.165) is 12.3 Å². The van der Waals surface area contributed by atoms with Gasteiger partial charge in [-0.1, -0.05) is 13.8 Å². The Bertz CT molecular complexity index is 285. The van der Waals surface area contributed by atoms with E-state index in [9.17, 15) is 5.11 Å². The molecule has 0 bridgehead atoms. The third-order valence-electron chi connectivity index (χ3n) is 4.77. The molecule has 2 aliphatic rings. The van der Waals surface area contributed by atoms with Crippen LogP contribution >= 0.6 is 0 Å². The zero-order valence-electron chi connectivity index (χ0n) is 11.4. The molecule has 0 radical (unpaired) electrons. The molecular weight excluding hydrogens is 212 g/mol. The summed E-state index contributed by atoms with van der Waals surface area (Å²) in [5.41, 5.74) is 1.48. The summed E-state index contributed by atoms with van der Waals surface area (Å²) in [4.78, 5) is 0. The first-order chi connectivity index (χ1) is 8.13. The van der Waals surface area contributed by atoms with E-state index < -0.39 is 0 Å². The van der Waals surface area contributed by atoms with Crippen molar-refractivity contribution in [1.29, 1.82) is 0 Å². The fourth-order valence-electron chi connectivity index (χ4n) is 3.46. The number of fused-ring (bicyclic) bond motifs is 1. The molecule has 2 nitrogen and oxygen atoms in total. The summed E-state index contributed by atoms with van der Waals surface area (Å²) in [5.74, 6) is 2.37. The largest absolute Gasteiger partial charge is 0.498 e. The van der Waals surface area contributed by atoms with Crippen LogP contribution in [-0.2, 0) is 4.74 Å². The monoisotopic (exact) mass is 238 g/mol. The van der Waals surface area contributed by atoms with Crippen LogP contribution < -0.4 is 0 Å². The second kappa shape index (κ2) is 5.43. The van der Waals surface area contributed by atoms with Gasteiger partial charge in [-0.15, -0.1) is 0 Å². The average Bonchev–Trinajstić information content (AvgIpc) is 2.52. The van der Waals surface area contributed by atoms with Gasteiger partial charge >= 0.3 is 0 Å². The summed E-state index contributed by atoms with van der Waals surface area (Å²) in [5, 5.41) is 9.40. The van der Waals surface area contributed by atoms with E-state index in [1.165, 1.54) is 24.8 Å². The molecule has 0 aromatic heterocycles. The molecule has 0 saturated heterocycles. The summed E-state index contributed by atoms with van der Waals surface area (Å²) in [7, 11) is 0. The van der Waals surface area contributed by atoms with Crippen LogP contribution in [0.4, 0.5) is 0 Å². The Balaban J connectivity index is 2.20. The minimum absolute atomic E-state index is 0.290. The molecular formula is C15H26O2. The minimum atomic E-state index is 0.290. The van der Waals surface area contributed by atoms with E-state index >= 15 is 0 Å². The number of ether oxygens (including phenoxy) is 1. The maximum atomic E-state index is 9.40. The highest BCUT2D eigenvalue weighted by molar-refractivity contribution is 5.15. The number of hydrogen-bond donors (Lipinski definition) is 1. The first-order valence-corrected chi connectivity index (χ1v) is 7.09. The smallest absolute Gasteiger partial charge is 0.0950 e. The Kier molecular flexibility index (Phi) is 4.13. The van der Waals surface area contributed by atoms with Gasteiger partial charge in [-0.25, -0.2) is 0 Å². The van der Waals surface area contributed by atoms with Crippen molar-refractivity contribution in [2.45, 2.75) is 52.6 Å². The number of allylic oxidation sites excluding steroid dienone is 1. The third-order valence-corrected chi connectivity index (χ3v) is 4.77. The molecule has 5 atom stereocenters. The van der Waals surface area contributed by atoms with Crippen LogP contribution in [0.15, 0.2) is 11.8 Å². The van der Waals surface area contributed by atoms with Gasteiger partial charge < -0.3 is 9.84 Å². The van der Waals surface area contributed by atoms with E-state index in [1.54, 1.807) is 0 Å². The van der Waals surface area contributed by atoms with E-state index in [2.05, 4.69) is 20.8 Å². The van der Waals surface area contributed by atoms with Gasteiger partial charge in [0, 0.05) is 6.61 Å². The lowest BCUT2D eigenvalue weighted by Crippen LogP contribution is -2.30. The lowest BCUT2D eigenvalue weighted by molar-refractivity contribution is 0.151. The van der Waals surface area contributed by atoms with Crippen LogP contribution in [0.3, 0.4) is 0 Å². The maximum Gasteiger partial charge on any atom is 0.0950 e. The molecule has 2 unspecified atom stereocenters. The topological polar surface area (TPSA) is 29.5 Å². The van der Waals surface area contributed by atoms with Gasteiger partial charge in [0.1, 0.15) is 0 Å². The Hall–Kier alpha value is -0.500. The van der Waals surface area contributed by atoms with Gasteiger partial charge in [-0.3, -0.25) is 0 Å². The minimum Gasteiger partial charge on any atom is -0.498 e. The highest BCUT2D eigenvalue weighted by Crippen LogP contribution is 2.45. The van der Waals surface area contributed by atoms with Crippen molar-refractivity contribution in [3.05, 3.63) is 11.8 Å². The number of hydrogen-bond acceptors (Lipinski definition) is 2. The van der Waals surface area contributed by atoms with Crippen LogP contribution in [0.1, 0.15) is 46.5 Å². The lowest BCUT2D eigenvalue weighted by atomic mass is 9.66. The molecule has 1 aliphatic carbocycles. The maximum absolute atomic E-state index is 9.40. The van der Waals surface area contributed by atoms with Crippen molar-refractivity contribution in [2.24, 2.45) is 23.7 Å². The molecule has 1 fully saturated rings. The first kappa shape index (κ1) is 12.9. The van der Waals surface area contributed by atoms with Crippen molar-refractivity contribution >= 4 is 0 Å². The highest BCUT2D eigenvalue weighted by Gasteiger charge is 2.36. The second-order valence-corrected chi connectivity index (χ2v) is 6.07. The summed E-state index contributed by atoms with van der Waals surface area (Å²) in [6, 6.07) is 0. The fraction of sp³-hybridized carbons (Fsp3) is 0.867. The molecule has 1 heterocycles. The molecule has 0 aromatic carbocycles. The van der Waals surface area contributed by atoms with Gasteiger partial charge in [0.05, 0.1) is 12.4 Å². The highest BCUT2D eigenvalue weighted by atomic mass is 16.5. The summed E-state index contributed by atoms with van der Waals surface area (Å²) in [6.45, 7) is 6.98. The Morgan fingerprint density at radius 3 is 2.76 bits per heavy atom. The van der Waals surface area contributed by atoms with Crippen molar-refractivity contribution in [1.82, 2.24) is 0 Å². The van der Waals surface area contributed by atoms with Crippen molar-refractivity contribution in [3.63, 3.8) is 0 Å². The molecule has 0 aromatic rings. The van der Waals surface area contributed by atoms with Crippen LogP contribution in [0.2, 0.25) is 0 Å². The van der Waals surface area contributed by atoms with Gasteiger partial charge in [0.2, 0.25) is 0 Å². The Morgan fingerprint density at radius 1 is 1.29 bits per heavy atom.